The van der Waals surface area contributed by atoms with Gasteiger partial charge in [-0.05, 0) is 74.3 Å². The van der Waals surface area contributed by atoms with Gasteiger partial charge in [0.25, 0.3) is 5.91 Å². The number of aliphatic carboxylic acids is 1. The van der Waals surface area contributed by atoms with Crippen molar-refractivity contribution < 1.29 is 14.7 Å². The van der Waals surface area contributed by atoms with Crippen molar-refractivity contribution in [1.82, 2.24) is 5.32 Å². The van der Waals surface area contributed by atoms with Crippen molar-refractivity contribution >= 4 is 33.3 Å². The van der Waals surface area contributed by atoms with Crippen LogP contribution in [0.25, 0.3) is 10.1 Å². The van der Waals surface area contributed by atoms with Crippen LogP contribution in [0.2, 0.25) is 0 Å². The maximum Gasteiger partial charge on any atom is 0.303 e. The number of benzene rings is 1. The number of thiophene rings is 1. The van der Waals surface area contributed by atoms with E-state index in [4.69, 9.17) is 5.11 Å². The third-order valence-electron chi connectivity index (χ3n) is 7.71. The van der Waals surface area contributed by atoms with Gasteiger partial charge in [-0.2, -0.15) is 0 Å². The van der Waals surface area contributed by atoms with Gasteiger partial charge in [-0.15, -0.1) is 11.3 Å². The number of unbranched alkanes of at least 4 members (excludes halogenated alkanes) is 1. The van der Waals surface area contributed by atoms with Crippen molar-refractivity contribution in [3.05, 3.63) is 46.9 Å². The molecule has 1 aromatic heterocycles. The largest absolute Gasteiger partial charge is 0.481 e. The fourth-order valence-electron chi connectivity index (χ4n) is 5.68. The molecule has 3 aliphatic carbocycles. The summed E-state index contributed by atoms with van der Waals surface area (Å²) < 4.78 is 1.16. The summed E-state index contributed by atoms with van der Waals surface area (Å²) >= 11 is 1.63. The van der Waals surface area contributed by atoms with E-state index in [1.54, 1.807) is 11.3 Å². The summed E-state index contributed by atoms with van der Waals surface area (Å²) in [5, 5.41) is 15.3. The van der Waals surface area contributed by atoms with Gasteiger partial charge in [0.1, 0.15) is 0 Å². The second-order valence-electron chi connectivity index (χ2n) is 10.00. The first-order chi connectivity index (χ1) is 14.8. The van der Waals surface area contributed by atoms with Crippen molar-refractivity contribution in [3.8, 4) is 0 Å². The molecule has 166 valence electrons. The Morgan fingerprint density at radius 1 is 1.26 bits per heavy atom. The first-order valence-corrected chi connectivity index (χ1v) is 12.3. The highest BCUT2D eigenvalue weighted by molar-refractivity contribution is 7.17. The fourth-order valence-corrected chi connectivity index (χ4v) is 6.60. The Bertz CT molecular complexity index is 1010. The lowest BCUT2D eigenvalue weighted by Gasteiger charge is -2.62. The van der Waals surface area contributed by atoms with Crippen LogP contribution in [0.5, 0.6) is 0 Å². The van der Waals surface area contributed by atoms with Gasteiger partial charge in [0.15, 0.2) is 0 Å². The minimum Gasteiger partial charge on any atom is -0.481 e. The number of carboxylic acid groups (broad SMARTS) is 1. The monoisotopic (exact) mass is 439 g/mol. The number of carbonyl (C=O) groups excluding carboxylic acids is 1. The van der Waals surface area contributed by atoms with Gasteiger partial charge in [-0.3, -0.25) is 9.59 Å². The molecule has 0 spiro atoms. The molecule has 2 N–H and O–H groups in total. The van der Waals surface area contributed by atoms with E-state index in [-0.39, 0.29) is 23.8 Å². The molecule has 31 heavy (non-hydrogen) atoms. The normalized spacial score (nSPS) is 26.7. The fraction of sp³-hybridized carbons (Fsp3) is 0.538. The van der Waals surface area contributed by atoms with Crippen LogP contribution in [-0.4, -0.2) is 23.0 Å². The Morgan fingerprint density at radius 2 is 2.06 bits per heavy atom. The summed E-state index contributed by atoms with van der Waals surface area (Å²) in [7, 11) is 0. The quantitative estimate of drug-likeness (QED) is 0.381. The lowest BCUT2D eigenvalue weighted by molar-refractivity contribution is -0.137. The molecule has 4 nitrogen and oxygen atoms in total. The van der Waals surface area contributed by atoms with E-state index < -0.39 is 5.97 Å². The average molecular weight is 440 g/mol. The van der Waals surface area contributed by atoms with E-state index in [1.165, 1.54) is 12.0 Å². The van der Waals surface area contributed by atoms with E-state index in [0.717, 1.165) is 40.8 Å². The van der Waals surface area contributed by atoms with Crippen LogP contribution in [0.1, 0.15) is 68.3 Å². The number of nitrogens with one attached hydrogen (secondary N) is 1. The molecule has 4 atom stereocenters. The standard InChI is InChI=1S/C26H33NO3S/c1-16-10-11-22-19(12-16)20(15-31-22)25(30)27-24-17(8-6-4-5-7-9-23(28)29)13-18-14-21(24)26(18,2)3/h4,6,10-12,15,17-18,21,24H,5,7-9,13-14H2,1-3H3,(H,27,30)(H,28,29)/b6-4-/t17-,18-,21-,24-/m0/s1. The first-order valence-electron chi connectivity index (χ1n) is 11.4. The zero-order valence-electron chi connectivity index (χ0n) is 18.7. The number of fused-ring (bicyclic) bond motifs is 3. The number of aryl methyl sites for hydroxylation is 1. The van der Waals surface area contributed by atoms with Crippen LogP contribution in [0.15, 0.2) is 35.7 Å². The Balaban J connectivity index is 1.46. The third-order valence-corrected chi connectivity index (χ3v) is 8.68. The molecule has 3 aliphatic rings. The Labute approximate surface area is 188 Å². The molecular weight excluding hydrogens is 406 g/mol. The van der Waals surface area contributed by atoms with Crippen molar-refractivity contribution in [2.24, 2.45) is 23.2 Å². The highest BCUT2D eigenvalue weighted by atomic mass is 32.1. The SMILES string of the molecule is Cc1ccc2scc(C(=O)N[C@H]3[C@@H](C/C=C\CCCC(=O)O)C[C@H]4C[C@@H]3C4(C)C)c2c1. The van der Waals surface area contributed by atoms with Crippen molar-refractivity contribution in [3.63, 3.8) is 0 Å². The summed E-state index contributed by atoms with van der Waals surface area (Å²) in [4.78, 5) is 24.0. The predicted octanol–water partition coefficient (Wildman–Crippen LogP) is 6.19. The molecule has 2 aromatic rings. The lowest BCUT2D eigenvalue weighted by Crippen LogP contribution is -2.63. The van der Waals surface area contributed by atoms with E-state index >= 15 is 0 Å². The van der Waals surface area contributed by atoms with Crippen LogP contribution in [-0.2, 0) is 4.79 Å². The van der Waals surface area contributed by atoms with Crippen LogP contribution < -0.4 is 5.32 Å². The summed E-state index contributed by atoms with van der Waals surface area (Å²) in [5.41, 5.74) is 2.25. The second-order valence-corrected chi connectivity index (χ2v) is 10.9. The smallest absolute Gasteiger partial charge is 0.303 e. The number of amides is 1. The molecule has 2 bridgehead atoms. The van der Waals surface area contributed by atoms with Crippen LogP contribution in [0.4, 0.5) is 0 Å². The third kappa shape index (κ3) is 4.43. The molecule has 5 heteroatoms. The predicted molar refractivity (Wildman–Crippen MR) is 127 cm³/mol. The Hall–Kier alpha value is -2.14. The summed E-state index contributed by atoms with van der Waals surface area (Å²) in [6, 6.07) is 6.50. The number of carboxylic acids is 1. The molecule has 3 saturated carbocycles. The first kappa shape index (κ1) is 22.1. The summed E-state index contributed by atoms with van der Waals surface area (Å²) in [6.07, 6.45) is 9.32. The lowest BCUT2D eigenvalue weighted by atomic mass is 9.44. The van der Waals surface area contributed by atoms with Gasteiger partial charge in [0.2, 0.25) is 0 Å². The minimum atomic E-state index is -0.734. The number of hydrogen-bond acceptors (Lipinski definition) is 3. The van der Waals surface area contributed by atoms with Crippen LogP contribution >= 0.6 is 11.3 Å². The summed E-state index contributed by atoms with van der Waals surface area (Å²) in [5.74, 6) is 1.02. The topological polar surface area (TPSA) is 66.4 Å². The van der Waals surface area contributed by atoms with E-state index in [9.17, 15) is 9.59 Å². The minimum absolute atomic E-state index is 0.0541. The molecule has 0 aliphatic heterocycles. The zero-order chi connectivity index (χ0) is 22.2. The molecule has 0 radical (unpaired) electrons. The molecule has 1 heterocycles. The molecule has 0 unspecified atom stereocenters. The number of carbonyl (C=O) groups is 2. The molecule has 5 rings (SSSR count). The van der Waals surface area contributed by atoms with E-state index in [0.29, 0.717) is 18.3 Å². The van der Waals surface area contributed by atoms with Gasteiger partial charge in [0.05, 0.1) is 5.56 Å². The van der Waals surface area contributed by atoms with Crippen molar-refractivity contribution in [1.29, 1.82) is 0 Å². The Kier molecular flexibility index (Phi) is 6.25. The van der Waals surface area contributed by atoms with E-state index in [1.807, 2.05) is 5.38 Å². The highest BCUT2D eigenvalue weighted by Crippen LogP contribution is 2.61. The second kappa shape index (κ2) is 8.78. The number of allylic oxidation sites excluding steroid dienone is 2. The van der Waals surface area contributed by atoms with Crippen LogP contribution in [0, 0.1) is 30.1 Å². The van der Waals surface area contributed by atoms with E-state index in [2.05, 4.69) is 56.4 Å². The van der Waals surface area contributed by atoms with Gasteiger partial charge in [0, 0.05) is 27.9 Å². The number of hydrogen-bond donors (Lipinski definition) is 2. The van der Waals surface area contributed by atoms with Gasteiger partial charge < -0.3 is 10.4 Å². The summed E-state index contributed by atoms with van der Waals surface area (Å²) in [6.45, 7) is 6.77. The maximum atomic E-state index is 13.3. The maximum absolute atomic E-state index is 13.3. The van der Waals surface area contributed by atoms with Crippen molar-refractivity contribution in [2.75, 3.05) is 0 Å². The molecular formula is C26H33NO3S. The molecule has 3 fully saturated rings. The van der Waals surface area contributed by atoms with Crippen molar-refractivity contribution in [2.45, 2.75) is 65.3 Å². The van der Waals surface area contributed by atoms with Gasteiger partial charge >= 0.3 is 5.97 Å². The average Bonchev–Trinajstić information content (AvgIpc) is 3.13. The Morgan fingerprint density at radius 3 is 2.81 bits per heavy atom. The highest BCUT2D eigenvalue weighted by Gasteiger charge is 2.57. The van der Waals surface area contributed by atoms with Crippen LogP contribution in [0.3, 0.4) is 0 Å². The number of rotatable bonds is 8. The molecule has 1 amide bonds. The molecule has 1 aromatic carbocycles. The zero-order valence-corrected chi connectivity index (χ0v) is 19.5. The molecule has 0 saturated heterocycles. The van der Waals surface area contributed by atoms with Gasteiger partial charge in [-0.1, -0.05) is 37.6 Å². The van der Waals surface area contributed by atoms with Gasteiger partial charge in [-0.25, -0.2) is 0 Å².